The van der Waals surface area contributed by atoms with Gasteiger partial charge in [0.1, 0.15) is 0 Å². The number of isocyanates is 2. The monoisotopic (exact) mass is 334 g/mol. The maximum atomic E-state index is 11.1. The molecule has 0 aromatic heterocycles. The first-order valence-electron chi connectivity index (χ1n) is 9.95. The SMILES string of the molecule is CCCCCCCCC(N=C=O)C1(N=C=O)CCCCCCCC1. The standard InChI is InChI=1S/C20H34N2O2/c1-2-3-4-5-8-11-14-19(21-17-23)20(22-18-24)15-12-9-6-7-10-13-16-20/h19H,2-16H2,1H3. The second-order valence-corrected chi connectivity index (χ2v) is 7.22. The van der Waals surface area contributed by atoms with Gasteiger partial charge in [-0.05, 0) is 19.3 Å². The van der Waals surface area contributed by atoms with Crippen molar-refractivity contribution in [2.45, 2.75) is 115 Å². The Morgan fingerprint density at radius 3 is 2.00 bits per heavy atom. The van der Waals surface area contributed by atoms with Crippen LogP contribution < -0.4 is 0 Å². The molecule has 0 bridgehead atoms. The van der Waals surface area contributed by atoms with Crippen LogP contribution in [0.2, 0.25) is 0 Å². The zero-order valence-electron chi connectivity index (χ0n) is 15.4. The molecule has 1 rings (SSSR count). The summed E-state index contributed by atoms with van der Waals surface area (Å²) in [6.07, 6.45) is 20.2. The number of rotatable bonds is 10. The molecule has 0 saturated heterocycles. The molecule has 0 heterocycles. The molecule has 0 radical (unpaired) electrons. The molecule has 24 heavy (non-hydrogen) atoms. The molecule has 0 aromatic carbocycles. The van der Waals surface area contributed by atoms with E-state index in [1.165, 1.54) is 51.4 Å². The number of nitrogens with zero attached hydrogens (tertiary/aromatic N) is 2. The highest BCUT2D eigenvalue weighted by molar-refractivity contribution is 5.38. The number of aliphatic imine (C=N–C) groups is 2. The Kier molecular flexibility index (Phi) is 11.4. The average molecular weight is 335 g/mol. The van der Waals surface area contributed by atoms with Crippen LogP contribution in [0, 0.1) is 0 Å². The summed E-state index contributed by atoms with van der Waals surface area (Å²) in [5.41, 5.74) is -0.521. The summed E-state index contributed by atoms with van der Waals surface area (Å²) in [5, 5.41) is 0. The molecule has 0 amide bonds. The van der Waals surface area contributed by atoms with Crippen LogP contribution in [0.5, 0.6) is 0 Å². The van der Waals surface area contributed by atoms with E-state index in [0.29, 0.717) is 0 Å². The van der Waals surface area contributed by atoms with Crippen molar-refractivity contribution in [1.82, 2.24) is 0 Å². The third-order valence-electron chi connectivity index (χ3n) is 5.40. The van der Waals surface area contributed by atoms with Crippen molar-refractivity contribution >= 4 is 12.2 Å². The maximum Gasteiger partial charge on any atom is 0.235 e. The van der Waals surface area contributed by atoms with Crippen LogP contribution in [0.1, 0.15) is 103 Å². The largest absolute Gasteiger partial charge is 0.235 e. The zero-order valence-corrected chi connectivity index (χ0v) is 15.4. The van der Waals surface area contributed by atoms with E-state index < -0.39 is 5.54 Å². The highest BCUT2D eigenvalue weighted by Gasteiger charge is 2.38. The van der Waals surface area contributed by atoms with Crippen molar-refractivity contribution in [1.29, 1.82) is 0 Å². The summed E-state index contributed by atoms with van der Waals surface area (Å²) in [5.74, 6) is 0. The molecule has 4 heteroatoms. The lowest BCUT2D eigenvalue weighted by Crippen LogP contribution is -2.39. The summed E-state index contributed by atoms with van der Waals surface area (Å²) in [6, 6.07) is -0.208. The van der Waals surface area contributed by atoms with Crippen molar-refractivity contribution in [3.8, 4) is 0 Å². The van der Waals surface area contributed by atoms with Gasteiger partial charge in [0.15, 0.2) is 0 Å². The van der Waals surface area contributed by atoms with E-state index in [2.05, 4.69) is 16.9 Å². The number of hydrogen-bond donors (Lipinski definition) is 0. The lowest BCUT2D eigenvalue weighted by Gasteiger charge is -2.33. The molecule has 136 valence electrons. The number of carbonyl (C=O) groups excluding carboxylic acids is 2. The zero-order chi connectivity index (χ0) is 17.5. The fourth-order valence-electron chi connectivity index (χ4n) is 3.94. The average Bonchev–Trinajstić information content (AvgIpc) is 2.70. The van der Waals surface area contributed by atoms with Crippen LogP contribution in [0.25, 0.3) is 0 Å². The number of unbranched alkanes of at least 4 members (excludes halogenated alkanes) is 5. The van der Waals surface area contributed by atoms with Gasteiger partial charge >= 0.3 is 0 Å². The van der Waals surface area contributed by atoms with E-state index in [1.807, 2.05) is 0 Å². The molecule has 1 atom stereocenters. The minimum atomic E-state index is -0.521. The van der Waals surface area contributed by atoms with Gasteiger partial charge in [0, 0.05) is 0 Å². The van der Waals surface area contributed by atoms with Crippen molar-refractivity contribution in [3.05, 3.63) is 0 Å². The molecule has 4 nitrogen and oxygen atoms in total. The van der Waals surface area contributed by atoms with Gasteiger partial charge in [0.25, 0.3) is 0 Å². The Morgan fingerprint density at radius 2 is 1.42 bits per heavy atom. The molecule has 1 unspecified atom stereocenters. The van der Waals surface area contributed by atoms with Crippen LogP contribution in [-0.4, -0.2) is 23.7 Å². The lowest BCUT2D eigenvalue weighted by molar-refractivity contribution is 0.274. The van der Waals surface area contributed by atoms with E-state index in [9.17, 15) is 9.59 Å². The molecule has 1 saturated carbocycles. The Balaban J connectivity index is 2.72. The second kappa shape index (κ2) is 13.1. The van der Waals surface area contributed by atoms with Gasteiger partial charge in [-0.15, -0.1) is 0 Å². The van der Waals surface area contributed by atoms with E-state index in [4.69, 9.17) is 0 Å². The minimum absolute atomic E-state index is 0.208. The third kappa shape index (κ3) is 7.55. The summed E-state index contributed by atoms with van der Waals surface area (Å²) in [6.45, 7) is 2.22. The van der Waals surface area contributed by atoms with Crippen LogP contribution in [0.3, 0.4) is 0 Å². The maximum absolute atomic E-state index is 11.1. The minimum Gasteiger partial charge on any atom is -0.211 e. The van der Waals surface area contributed by atoms with Gasteiger partial charge in [-0.2, -0.15) is 9.98 Å². The van der Waals surface area contributed by atoms with Gasteiger partial charge < -0.3 is 0 Å². The summed E-state index contributed by atoms with van der Waals surface area (Å²) >= 11 is 0. The number of hydrogen-bond acceptors (Lipinski definition) is 4. The van der Waals surface area contributed by atoms with Gasteiger partial charge in [0.05, 0.1) is 11.6 Å². The summed E-state index contributed by atoms with van der Waals surface area (Å²) < 4.78 is 0. The fraction of sp³-hybridized carbons (Fsp3) is 0.900. The molecular weight excluding hydrogens is 300 g/mol. The van der Waals surface area contributed by atoms with Gasteiger partial charge in [-0.1, -0.05) is 84.0 Å². The molecule has 1 fully saturated rings. The summed E-state index contributed by atoms with van der Waals surface area (Å²) in [4.78, 5) is 30.4. The molecule has 0 N–H and O–H groups in total. The predicted molar refractivity (Wildman–Crippen MR) is 97.7 cm³/mol. The topological polar surface area (TPSA) is 58.9 Å². The van der Waals surface area contributed by atoms with Crippen molar-refractivity contribution in [3.63, 3.8) is 0 Å². The van der Waals surface area contributed by atoms with Crippen LogP contribution in [-0.2, 0) is 9.59 Å². The Bertz CT molecular complexity index is 413. The van der Waals surface area contributed by atoms with Crippen molar-refractivity contribution < 1.29 is 9.59 Å². The van der Waals surface area contributed by atoms with Crippen molar-refractivity contribution in [2.24, 2.45) is 9.98 Å². The van der Waals surface area contributed by atoms with Crippen molar-refractivity contribution in [2.75, 3.05) is 0 Å². The highest BCUT2D eigenvalue weighted by Crippen LogP contribution is 2.35. The first-order chi connectivity index (χ1) is 11.8. The molecular formula is C20H34N2O2. The molecule has 0 aromatic rings. The fourth-order valence-corrected chi connectivity index (χ4v) is 3.94. The van der Waals surface area contributed by atoms with E-state index >= 15 is 0 Å². The normalized spacial score (nSPS) is 19.0. The van der Waals surface area contributed by atoms with E-state index in [1.54, 1.807) is 12.2 Å². The first kappa shape index (κ1) is 20.8. The predicted octanol–water partition coefficient (Wildman–Crippen LogP) is 5.65. The molecule has 0 spiro atoms. The van der Waals surface area contributed by atoms with Gasteiger partial charge in [-0.25, -0.2) is 9.59 Å². The lowest BCUT2D eigenvalue weighted by atomic mass is 9.79. The smallest absolute Gasteiger partial charge is 0.211 e. The Morgan fingerprint density at radius 1 is 0.833 bits per heavy atom. The van der Waals surface area contributed by atoms with E-state index in [0.717, 1.165) is 44.9 Å². The highest BCUT2D eigenvalue weighted by atomic mass is 16.1. The van der Waals surface area contributed by atoms with Gasteiger partial charge in [0.2, 0.25) is 12.2 Å². The quantitative estimate of drug-likeness (QED) is 0.294. The van der Waals surface area contributed by atoms with E-state index in [-0.39, 0.29) is 6.04 Å². The first-order valence-corrected chi connectivity index (χ1v) is 9.95. The Hall–Kier alpha value is -1.24. The second-order valence-electron chi connectivity index (χ2n) is 7.22. The molecule has 0 aliphatic heterocycles. The third-order valence-corrected chi connectivity index (χ3v) is 5.40. The molecule has 1 aliphatic carbocycles. The van der Waals surface area contributed by atoms with Crippen LogP contribution in [0.4, 0.5) is 0 Å². The Labute approximate surface area is 147 Å². The van der Waals surface area contributed by atoms with Crippen LogP contribution in [0.15, 0.2) is 9.98 Å². The van der Waals surface area contributed by atoms with Gasteiger partial charge in [-0.3, -0.25) is 0 Å². The van der Waals surface area contributed by atoms with Crippen LogP contribution >= 0.6 is 0 Å². The summed E-state index contributed by atoms with van der Waals surface area (Å²) in [7, 11) is 0. The molecule has 1 aliphatic rings.